The van der Waals surface area contributed by atoms with E-state index in [4.69, 9.17) is 19.6 Å². The zero-order valence-corrected chi connectivity index (χ0v) is 23.8. The molecule has 0 spiro atoms. The highest BCUT2D eigenvalue weighted by atomic mass is 19.4. The summed E-state index contributed by atoms with van der Waals surface area (Å²) in [4.78, 5) is 25.0. The SMILES string of the molecule is COc1cccc(CN=C(Nc2ccc(C(=O)O)cc2)NC(C)CC23CC4CC(CC(C4)C2)C3)c1.O=C(O)C(F)(F)F. The summed E-state index contributed by atoms with van der Waals surface area (Å²) in [6.45, 7) is 2.79. The first-order valence-corrected chi connectivity index (χ1v) is 14.2. The lowest BCUT2D eigenvalue weighted by atomic mass is 9.48. The van der Waals surface area contributed by atoms with Gasteiger partial charge < -0.3 is 25.6 Å². The van der Waals surface area contributed by atoms with Crippen molar-refractivity contribution in [3.05, 3.63) is 59.7 Å². The van der Waals surface area contributed by atoms with Crippen LogP contribution in [0.3, 0.4) is 0 Å². The minimum atomic E-state index is -5.08. The smallest absolute Gasteiger partial charge is 0.490 e. The third-order valence-electron chi connectivity index (χ3n) is 8.48. The number of anilines is 1. The van der Waals surface area contributed by atoms with Gasteiger partial charge in [-0.1, -0.05) is 12.1 Å². The minimum absolute atomic E-state index is 0.272. The second kappa shape index (κ2) is 13.0. The number of nitrogens with one attached hydrogen (secondary N) is 2. The van der Waals surface area contributed by atoms with Crippen LogP contribution in [0, 0.1) is 23.2 Å². The highest BCUT2D eigenvalue weighted by molar-refractivity contribution is 5.94. The first-order valence-electron chi connectivity index (χ1n) is 14.2. The average Bonchev–Trinajstić information content (AvgIpc) is 2.91. The third-order valence-corrected chi connectivity index (χ3v) is 8.48. The predicted molar refractivity (Wildman–Crippen MR) is 153 cm³/mol. The highest BCUT2D eigenvalue weighted by Crippen LogP contribution is 2.61. The molecule has 4 N–H and O–H groups in total. The fraction of sp³-hybridized carbons (Fsp3) is 0.516. The van der Waals surface area contributed by atoms with Gasteiger partial charge in [-0.3, -0.25) is 0 Å². The number of hydrogen-bond acceptors (Lipinski definition) is 4. The fourth-order valence-electron chi connectivity index (χ4n) is 7.37. The van der Waals surface area contributed by atoms with Gasteiger partial charge in [0.05, 0.1) is 19.2 Å². The van der Waals surface area contributed by atoms with Crippen LogP contribution in [0.25, 0.3) is 0 Å². The molecule has 0 saturated heterocycles. The van der Waals surface area contributed by atoms with E-state index < -0.39 is 18.1 Å². The number of guanidine groups is 1. The van der Waals surface area contributed by atoms with Gasteiger partial charge in [0.15, 0.2) is 5.96 Å². The predicted octanol–water partition coefficient (Wildman–Crippen LogP) is 6.58. The molecule has 0 amide bonds. The summed E-state index contributed by atoms with van der Waals surface area (Å²) in [6, 6.07) is 15.1. The number of halogens is 3. The molecule has 0 aromatic heterocycles. The number of aliphatic imine (C=N–C) groups is 1. The topological polar surface area (TPSA) is 120 Å². The van der Waals surface area contributed by atoms with E-state index in [9.17, 15) is 23.1 Å². The normalized spacial score (nSPS) is 25.2. The maximum absolute atomic E-state index is 11.2. The Hall–Kier alpha value is -3.76. The Kier molecular flexibility index (Phi) is 9.68. The molecule has 2 aromatic rings. The number of aromatic carboxylic acids is 1. The maximum Gasteiger partial charge on any atom is 0.490 e. The zero-order chi connectivity index (χ0) is 30.5. The van der Waals surface area contributed by atoms with E-state index in [2.05, 4.69) is 17.6 Å². The van der Waals surface area contributed by atoms with E-state index in [-0.39, 0.29) is 5.56 Å². The number of rotatable bonds is 8. The number of carbonyl (C=O) groups is 2. The van der Waals surface area contributed by atoms with Gasteiger partial charge in [-0.05, 0) is 117 Å². The van der Waals surface area contributed by atoms with E-state index in [1.807, 2.05) is 24.3 Å². The van der Waals surface area contributed by atoms with Gasteiger partial charge in [-0.15, -0.1) is 0 Å². The number of alkyl halides is 3. The van der Waals surface area contributed by atoms with Crippen LogP contribution in [-0.4, -0.2) is 47.4 Å². The quantitative estimate of drug-likeness (QED) is 0.203. The molecular weight excluding hydrogens is 551 g/mol. The molecule has 6 rings (SSSR count). The molecule has 228 valence electrons. The first-order chi connectivity index (χ1) is 19.8. The summed E-state index contributed by atoms with van der Waals surface area (Å²) < 4.78 is 37.1. The van der Waals surface area contributed by atoms with Crippen LogP contribution in [-0.2, 0) is 11.3 Å². The van der Waals surface area contributed by atoms with E-state index in [0.717, 1.165) is 34.8 Å². The number of carboxylic acid groups (broad SMARTS) is 2. The second-order valence-electron chi connectivity index (χ2n) is 12.0. The van der Waals surface area contributed by atoms with Gasteiger partial charge in [0, 0.05) is 11.7 Å². The zero-order valence-electron chi connectivity index (χ0n) is 23.8. The molecule has 42 heavy (non-hydrogen) atoms. The van der Waals surface area contributed by atoms with Crippen molar-refractivity contribution in [3.8, 4) is 5.75 Å². The van der Waals surface area contributed by atoms with E-state index >= 15 is 0 Å². The lowest BCUT2D eigenvalue weighted by Gasteiger charge is -2.57. The van der Waals surface area contributed by atoms with Gasteiger partial charge in [-0.2, -0.15) is 13.2 Å². The molecular formula is C31H38F3N3O5. The molecule has 4 saturated carbocycles. The molecule has 1 unspecified atom stereocenters. The number of hydrogen-bond donors (Lipinski definition) is 4. The summed E-state index contributed by atoms with van der Waals surface area (Å²) in [7, 11) is 1.67. The van der Waals surface area contributed by atoms with Gasteiger partial charge in [0.1, 0.15) is 5.75 Å². The Bertz CT molecular complexity index is 1240. The van der Waals surface area contributed by atoms with Crippen molar-refractivity contribution in [1.29, 1.82) is 0 Å². The molecule has 0 aliphatic heterocycles. The van der Waals surface area contributed by atoms with E-state index in [0.29, 0.717) is 24.0 Å². The summed E-state index contributed by atoms with van der Waals surface area (Å²) in [5.74, 6) is 0.688. The Morgan fingerprint density at radius 2 is 1.60 bits per heavy atom. The Morgan fingerprint density at radius 3 is 2.10 bits per heavy atom. The minimum Gasteiger partial charge on any atom is -0.497 e. The van der Waals surface area contributed by atoms with E-state index in [1.165, 1.54) is 44.9 Å². The summed E-state index contributed by atoms with van der Waals surface area (Å²) in [5, 5.41) is 23.4. The fourth-order valence-corrected chi connectivity index (χ4v) is 7.37. The number of methoxy groups -OCH3 is 1. The first kappa shape index (κ1) is 31.2. The number of aliphatic carboxylic acids is 1. The molecule has 0 radical (unpaired) electrons. The van der Waals surface area contributed by atoms with Crippen LogP contribution in [0.4, 0.5) is 18.9 Å². The monoisotopic (exact) mass is 589 g/mol. The molecule has 4 aliphatic carbocycles. The molecule has 1 atom stereocenters. The third kappa shape index (κ3) is 8.39. The Balaban J connectivity index is 0.000000517. The summed E-state index contributed by atoms with van der Waals surface area (Å²) in [6.07, 6.45) is 4.66. The number of ether oxygens (including phenoxy) is 1. The Morgan fingerprint density at radius 1 is 1.02 bits per heavy atom. The van der Waals surface area contributed by atoms with Crippen molar-refractivity contribution in [2.24, 2.45) is 28.2 Å². The molecule has 4 bridgehead atoms. The van der Waals surface area contributed by atoms with E-state index in [1.54, 1.807) is 31.4 Å². The van der Waals surface area contributed by atoms with Gasteiger partial charge in [0.2, 0.25) is 0 Å². The van der Waals surface area contributed by atoms with Crippen LogP contribution < -0.4 is 15.4 Å². The molecule has 2 aromatic carbocycles. The summed E-state index contributed by atoms with van der Waals surface area (Å²) in [5.41, 5.74) is 2.64. The molecule has 4 aliphatic rings. The molecule has 4 fully saturated rings. The van der Waals surface area contributed by atoms with Crippen LogP contribution in [0.5, 0.6) is 5.75 Å². The van der Waals surface area contributed by atoms with Crippen LogP contribution in [0.2, 0.25) is 0 Å². The lowest BCUT2D eigenvalue weighted by Crippen LogP contribution is -2.49. The summed E-state index contributed by atoms with van der Waals surface area (Å²) >= 11 is 0. The molecule has 11 heteroatoms. The van der Waals surface area contributed by atoms with Crippen LogP contribution in [0.1, 0.15) is 67.8 Å². The van der Waals surface area contributed by atoms with Crippen LogP contribution in [0.15, 0.2) is 53.5 Å². The standard InChI is InChI=1S/C29H37N3O3.C2HF3O2/c1-19(14-29-15-21-10-22(16-29)12-23(11-21)17-29)31-28(30-18-20-4-3-5-26(13-20)35-2)32-25-8-6-24(7-9-25)27(33)34;3-2(4,5)1(6)7/h3-9,13,19,21-23H,10-12,14-18H2,1-2H3,(H,33,34)(H2,30,31,32);(H,6,7). The van der Waals surface area contributed by atoms with Crippen molar-refractivity contribution in [2.45, 2.75) is 70.6 Å². The second-order valence-corrected chi connectivity index (χ2v) is 12.0. The van der Waals surface area contributed by atoms with Crippen molar-refractivity contribution < 1.29 is 37.7 Å². The van der Waals surface area contributed by atoms with Crippen molar-refractivity contribution in [3.63, 3.8) is 0 Å². The number of carboxylic acids is 2. The largest absolute Gasteiger partial charge is 0.497 e. The van der Waals surface area contributed by atoms with Gasteiger partial charge >= 0.3 is 18.1 Å². The molecule has 8 nitrogen and oxygen atoms in total. The van der Waals surface area contributed by atoms with Crippen LogP contribution >= 0.6 is 0 Å². The molecule has 0 heterocycles. The number of benzene rings is 2. The van der Waals surface area contributed by atoms with Crippen molar-refractivity contribution in [2.75, 3.05) is 12.4 Å². The van der Waals surface area contributed by atoms with Gasteiger partial charge in [0.25, 0.3) is 0 Å². The Labute approximate surface area is 243 Å². The number of nitrogens with zero attached hydrogens (tertiary/aromatic N) is 1. The maximum atomic E-state index is 11.2. The average molecular weight is 590 g/mol. The van der Waals surface area contributed by atoms with Crippen molar-refractivity contribution >= 4 is 23.6 Å². The van der Waals surface area contributed by atoms with Gasteiger partial charge in [-0.25, -0.2) is 14.6 Å². The van der Waals surface area contributed by atoms with Crippen molar-refractivity contribution in [1.82, 2.24) is 5.32 Å². The highest BCUT2D eigenvalue weighted by Gasteiger charge is 2.51. The lowest BCUT2D eigenvalue weighted by molar-refractivity contribution is -0.192.